The van der Waals surface area contributed by atoms with Crippen molar-refractivity contribution in [3.8, 4) is 0 Å². The number of aromatic nitrogens is 2. The maximum atomic E-state index is 11.4. The van der Waals surface area contributed by atoms with Gasteiger partial charge in [-0.3, -0.25) is 9.78 Å². The summed E-state index contributed by atoms with van der Waals surface area (Å²) in [4.78, 5) is 27.0. The monoisotopic (exact) mass is 212 g/mol. The SMILES string of the molecule is CCCCOCc1c(C)[nH]c(=O)[nH]c1=O. The number of H-pyrrole nitrogens is 2. The lowest BCUT2D eigenvalue weighted by atomic mass is 10.2. The fourth-order valence-corrected chi connectivity index (χ4v) is 1.22. The number of hydrogen-bond donors (Lipinski definition) is 2. The lowest BCUT2D eigenvalue weighted by Gasteiger charge is -2.04. The average molecular weight is 212 g/mol. The number of unbranched alkanes of at least 4 members (excludes halogenated alkanes) is 1. The van der Waals surface area contributed by atoms with Gasteiger partial charge in [0.2, 0.25) is 0 Å². The van der Waals surface area contributed by atoms with Gasteiger partial charge in [-0.15, -0.1) is 0 Å². The van der Waals surface area contributed by atoms with Crippen LogP contribution in [0.3, 0.4) is 0 Å². The van der Waals surface area contributed by atoms with E-state index in [0.717, 1.165) is 12.8 Å². The third-order valence-corrected chi connectivity index (χ3v) is 2.14. The number of aromatic amines is 2. The summed E-state index contributed by atoms with van der Waals surface area (Å²) in [6.07, 6.45) is 2.03. The van der Waals surface area contributed by atoms with E-state index >= 15 is 0 Å². The lowest BCUT2D eigenvalue weighted by molar-refractivity contribution is 0.116. The molecule has 0 spiro atoms. The molecule has 0 saturated carbocycles. The summed E-state index contributed by atoms with van der Waals surface area (Å²) < 4.78 is 5.32. The van der Waals surface area contributed by atoms with E-state index in [1.165, 1.54) is 0 Å². The standard InChI is InChI=1S/C10H16N2O3/c1-3-4-5-15-6-8-7(2)11-10(14)12-9(8)13/h3-6H2,1-2H3,(H2,11,12,13,14). The van der Waals surface area contributed by atoms with Crippen LogP contribution in [0, 0.1) is 6.92 Å². The van der Waals surface area contributed by atoms with E-state index < -0.39 is 5.69 Å². The molecule has 0 aromatic carbocycles. The Balaban J connectivity index is 2.69. The van der Waals surface area contributed by atoms with E-state index in [9.17, 15) is 9.59 Å². The van der Waals surface area contributed by atoms with Gasteiger partial charge < -0.3 is 9.72 Å². The smallest absolute Gasteiger partial charge is 0.325 e. The highest BCUT2D eigenvalue weighted by molar-refractivity contribution is 5.13. The van der Waals surface area contributed by atoms with E-state index in [4.69, 9.17) is 4.74 Å². The zero-order valence-corrected chi connectivity index (χ0v) is 9.05. The fourth-order valence-electron chi connectivity index (χ4n) is 1.22. The van der Waals surface area contributed by atoms with Gasteiger partial charge >= 0.3 is 5.69 Å². The first kappa shape index (κ1) is 11.7. The van der Waals surface area contributed by atoms with Gasteiger partial charge in [0.05, 0.1) is 12.2 Å². The van der Waals surface area contributed by atoms with E-state index in [1.54, 1.807) is 6.92 Å². The van der Waals surface area contributed by atoms with E-state index in [-0.39, 0.29) is 12.2 Å². The molecule has 5 heteroatoms. The highest BCUT2D eigenvalue weighted by Gasteiger charge is 2.05. The Morgan fingerprint density at radius 2 is 2.00 bits per heavy atom. The molecule has 5 nitrogen and oxygen atoms in total. The van der Waals surface area contributed by atoms with Crippen molar-refractivity contribution in [2.24, 2.45) is 0 Å². The molecule has 1 aromatic rings. The number of rotatable bonds is 5. The van der Waals surface area contributed by atoms with Crippen molar-refractivity contribution in [2.45, 2.75) is 33.3 Å². The Labute approximate surface area is 87.5 Å². The first-order chi connectivity index (χ1) is 7.15. The maximum Gasteiger partial charge on any atom is 0.325 e. The lowest BCUT2D eigenvalue weighted by Crippen LogP contribution is -2.27. The third-order valence-electron chi connectivity index (χ3n) is 2.14. The Kier molecular flexibility index (Phi) is 4.30. The van der Waals surface area contributed by atoms with Crippen molar-refractivity contribution < 1.29 is 4.74 Å². The van der Waals surface area contributed by atoms with Crippen LogP contribution in [0.4, 0.5) is 0 Å². The molecule has 1 rings (SSSR count). The number of ether oxygens (including phenoxy) is 1. The molecule has 1 aromatic heterocycles. The molecule has 0 unspecified atom stereocenters. The van der Waals surface area contributed by atoms with Gasteiger partial charge in [0.15, 0.2) is 0 Å². The fraction of sp³-hybridized carbons (Fsp3) is 0.600. The van der Waals surface area contributed by atoms with Crippen LogP contribution < -0.4 is 11.2 Å². The van der Waals surface area contributed by atoms with Crippen LogP contribution in [0.15, 0.2) is 9.59 Å². The van der Waals surface area contributed by atoms with Gasteiger partial charge in [-0.2, -0.15) is 0 Å². The molecule has 0 amide bonds. The quantitative estimate of drug-likeness (QED) is 0.705. The minimum Gasteiger partial charge on any atom is -0.376 e. The molecule has 0 radical (unpaired) electrons. The minimum atomic E-state index is -0.477. The zero-order chi connectivity index (χ0) is 11.3. The van der Waals surface area contributed by atoms with Crippen LogP contribution in [0.5, 0.6) is 0 Å². The van der Waals surface area contributed by atoms with Crippen molar-refractivity contribution >= 4 is 0 Å². The predicted octanol–water partition coefficient (Wildman–Crippen LogP) is 0.688. The second kappa shape index (κ2) is 5.50. The molecule has 0 aliphatic rings. The molecular weight excluding hydrogens is 196 g/mol. The highest BCUT2D eigenvalue weighted by Crippen LogP contribution is 1.98. The second-order valence-electron chi connectivity index (χ2n) is 3.42. The summed E-state index contributed by atoms with van der Waals surface area (Å²) in [6, 6.07) is 0. The minimum absolute atomic E-state index is 0.248. The molecule has 0 aliphatic carbocycles. The van der Waals surface area contributed by atoms with Gasteiger partial charge in [0.1, 0.15) is 0 Å². The van der Waals surface area contributed by atoms with Gasteiger partial charge in [0.25, 0.3) is 5.56 Å². The van der Waals surface area contributed by atoms with Crippen LogP contribution >= 0.6 is 0 Å². The summed E-state index contributed by atoms with van der Waals surface area (Å²) in [5, 5.41) is 0. The number of nitrogens with one attached hydrogen (secondary N) is 2. The Morgan fingerprint density at radius 1 is 1.27 bits per heavy atom. The summed E-state index contributed by atoms with van der Waals surface area (Å²) >= 11 is 0. The number of hydrogen-bond acceptors (Lipinski definition) is 3. The van der Waals surface area contributed by atoms with Gasteiger partial charge in [0, 0.05) is 12.3 Å². The van der Waals surface area contributed by atoms with Crippen LogP contribution in [0.25, 0.3) is 0 Å². The van der Waals surface area contributed by atoms with E-state index in [1.807, 2.05) is 0 Å². The molecular formula is C10H16N2O3. The van der Waals surface area contributed by atoms with Gasteiger partial charge in [-0.1, -0.05) is 13.3 Å². The summed E-state index contributed by atoms with van der Waals surface area (Å²) in [5.74, 6) is 0. The first-order valence-electron chi connectivity index (χ1n) is 5.05. The van der Waals surface area contributed by atoms with Crippen LogP contribution in [-0.4, -0.2) is 16.6 Å². The van der Waals surface area contributed by atoms with Crippen molar-refractivity contribution in [3.63, 3.8) is 0 Å². The molecule has 1 heterocycles. The summed E-state index contributed by atoms with van der Waals surface area (Å²) in [7, 11) is 0. The topological polar surface area (TPSA) is 75.0 Å². The molecule has 15 heavy (non-hydrogen) atoms. The molecule has 84 valence electrons. The van der Waals surface area contributed by atoms with Crippen LogP contribution in [-0.2, 0) is 11.3 Å². The summed E-state index contributed by atoms with van der Waals surface area (Å²) in [5.41, 5.74) is 0.216. The average Bonchev–Trinajstić information content (AvgIpc) is 2.15. The van der Waals surface area contributed by atoms with Gasteiger partial charge in [-0.25, -0.2) is 4.79 Å². The summed E-state index contributed by atoms with van der Waals surface area (Å²) in [6.45, 7) is 4.64. The zero-order valence-electron chi connectivity index (χ0n) is 9.05. The van der Waals surface area contributed by atoms with Crippen molar-refractivity contribution in [1.29, 1.82) is 0 Å². The maximum absolute atomic E-state index is 11.4. The molecule has 0 atom stereocenters. The molecule has 0 saturated heterocycles. The van der Waals surface area contributed by atoms with Crippen LogP contribution in [0.2, 0.25) is 0 Å². The predicted molar refractivity (Wildman–Crippen MR) is 57.0 cm³/mol. The molecule has 0 bridgehead atoms. The van der Waals surface area contributed by atoms with Crippen molar-refractivity contribution in [1.82, 2.24) is 9.97 Å². The first-order valence-corrected chi connectivity index (χ1v) is 5.05. The number of aryl methyl sites for hydroxylation is 1. The van der Waals surface area contributed by atoms with E-state index in [2.05, 4.69) is 16.9 Å². The van der Waals surface area contributed by atoms with E-state index in [0.29, 0.717) is 17.9 Å². The molecule has 0 aliphatic heterocycles. The third kappa shape index (κ3) is 3.36. The second-order valence-corrected chi connectivity index (χ2v) is 3.42. The normalized spacial score (nSPS) is 10.5. The van der Waals surface area contributed by atoms with Crippen molar-refractivity contribution in [2.75, 3.05) is 6.61 Å². The molecule has 0 fully saturated rings. The molecule has 2 N–H and O–H groups in total. The highest BCUT2D eigenvalue weighted by atomic mass is 16.5. The largest absolute Gasteiger partial charge is 0.376 e. The van der Waals surface area contributed by atoms with Gasteiger partial charge in [-0.05, 0) is 13.3 Å². The van der Waals surface area contributed by atoms with Crippen LogP contribution in [0.1, 0.15) is 31.0 Å². The Hall–Kier alpha value is -1.36. The Morgan fingerprint density at radius 3 is 2.60 bits per heavy atom. The van der Waals surface area contributed by atoms with Crippen molar-refractivity contribution in [3.05, 3.63) is 32.1 Å². The Bertz CT molecular complexity index is 419.